The standard InChI is InChI=1S/C10H16N2O2S/c1-8(7-9-3-2-6-15-9)12-10(14)11-4-5-13/h2-3,6,8,13H,4-5,7H2,1H3,(H2,11,12,14). The van der Waals surface area contributed by atoms with E-state index in [-0.39, 0.29) is 25.2 Å². The van der Waals surface area contributed by atoms with E-state index < -0.39 is 0 Å². The van der Waals surface area contributed by atoms with Crippen molar-refractivity contribution >= 4 is 17.4 Å². The minimum atomic E-state index is -0.229. The number of thiophene rings is 1. The highest BCUT2D eigenvalue weighted by Crippen LogP contribution is 2.10. The first-order valence-electron chi connectivity index (χ1n) is 4.90. The summed E-state index contributed by atoms with van der Waals surface area (Å²) < 4.78 is 0. The molecule has 0 saturated carbocycles. The summed E-state index contributed by atoms with van der Waals surface area (Å²) in [4.78, 5) is 12.5. The third kappa shape index (κ3) is 4.80. The molecule has 0 aliphatic rings. The van der Waals surface area contributed by atoms with E-state index in [4.69, 9.17) is 5.11 Å². The molecule has 1 aromatic rings. The Morgan fingerprint density at radius 3 is 3.07 bits per heavy atom. The van der Waals surface area contributed by atoms with E-state index in [2.05, 4.69) is 16.7 Å². The molecular formula is C10H16N2O2S. The zero-order chi connectivity index (χ0) is 11.1. The summed E-state index contributed by atoms with van der Waals surface area (Å²) in [5.74, 6) is 0. The Balaban J connectivity index is 2.23. The Morgan fingerprint density at radius 1 is 1.67 bits per heavy atom. The number of aliphatic hydroxyl groups is 1. The first kappa shape index (κ1) is 12.0. The zero-order valence-electron chi connectivity index (χ0n) is 8.69. The second-order valence-electron chi connectivity index (χ2n) is 3.31. The fourth-order valence-corrected chi connectivity index (χ4v) is 2.06. The first-order chi connectivity index (χ1) is 7.22. The van der Waals surface area contributed by atoms with Crippen LogP contribution in [0.1, 0.15) is 11.8 Å². The maximum absolute atomic E-state index is 11.2. The maximum Gasteiger partial charge on any atom is 0.315 e. The summed E-state index contributed by atoms with van der Waals surface area (Å²) in [7, 11) is 0. The molecule has 0 aliphatic carbocycles. The van der Waals surface area contributed by atoms with Crippen LogP contribution in [0.4, 0.5) is 4.79 Å². The van der Waals surface area contributed by atoms with Crippen LogP contribution in [0.15, 0.2) is 17.5 Å². The molecule has 1 rings (SSSR count). The molecule has 0 saturated heterocycles. The lowest BCUT2D eigenvalue weighted by Gasteiger charge is -2.13. The highest BCUT2D eigenvalue weighted by molar-refractivity contribution is 7.09. The van der Waals surface area contributed by atoms with Gasteiger partial charge in [-0.3, -0.25) is 0 Å². The van der Waals surface area contributed by atoms with Crippen LogP contribution in [0, 0.1) is 0 Å². The van der Waals surface area contributed by atoms with Crippen molar-refractivity contribution in [1.29, 1.82) is 0 Å². The molecule has 5 heteroatoms. The third-order valence-electron chi connectivity index (χ3n) is 1.86. The van der Waals surface area contributed by atoms with Crippen molar-refractivity contribution in [3.8, 4) is 0 Å². The molecule has 0 aliphatic heterocycles. The smallest absolute Gasteiger partial charge is 0.315 e. The minimum absolute atomic E-state index is 0.0350. The molecule has 0 aromatic carbocycles. The van der Waals surface area contributed by atoms with Crippen molar-refractivity contribution in [2.45, 2.75) is 19.4 Å². The SMILES string of the molecule is CC(Cc1cccs1)NC(=O)NCCO. The highest BCUT2D eigenvalue weighted by atomic mass is 32.1. The summed E-state index contributed by atoms with van der Waals surface area (Å²) >= 11 is 1.68. The predicted molar refractivity (Wildman–Crippen MR) is 61.1 cm³/mol. The van der Waals surface area contributed by atoms with Crippen LogP contribution < -0.4 is 10.6 Å². The highest BCUT2D eigenvalue weighted by Gasteiger charge is 2.07. The van der Waals surface area contributed by atoms with E-state index in [9.17, 15) is 4.79 Å². The van der Waals surface area contributed by atoms with E-state index in [0.29, 0.717) is 0 Å². The molecule has 0 fully saturated rings. The average molecular weight is 228 g/mol. The molecule has 15 heavy (non-hydrogen) atoms. The van der Waals surface area contributed by atoms with Gasteiger partial charge in [0.25, 0.3) is 0 Å². The normalized spacial score (nSPS) is 12.1. The van der Waals surface area contributed by atoms with Gasteiger partial charge < -0.3 is 15.7 Å². The molecule has 1 aromatic heterocycles. The quantitative estimate of drug-likeness (QED) is 0.703. The Bertz CT molecular complexity index is 288. The van der Waals surface area contributed by atoms with Crippen molar-refractivity contribution in [1.82, 2.24) is 10.6 Å². The van der Waals surface area contributed by atoms with Gasteiger partial charge in [0.15, 0.2) is 0 Å². The van der Waals surface area contributed by atoms with Crippen LogP contribution in [0.5, 0.6) is 0 Å². The Labute approximate surface area is 93.3 Å². The topological polar surface area (TPSA) is 61.4 Å². The van der Waals surface area contributed by atoms with E-state index >= 15 is 0 Å². The van der Waals surface area contributed by atoms with Gasteiger partial charge in [-0.2, -0.15) is 0 Å². The molecule has 1 unspecified atom stereocenters. The van der Waals surface area contributed by atoms with Gasteiger partial charge in [-0.05, 0) is 18.4 Å². The summed E-state index contributed by atoms with van der Waals surface area (Å²) in [5, 5.41) is 15.9. The van der Waals surface area contributed by atoms with Crippen molar-refractivity contribution < 1.29 is 9.90 Å². The molecule has 1 heterocycles. The second kappa shape index (κ2) is 6.42. The Kier molecular flexibility index (Phi) is 5.14. The average Bonchev–Trinajstić information content (AvgIpc) is 2.67. The number of carbonyl (C=O) groups excluding carboxylic acids is 1. The molecular weight excluding hydrogens is 212 g/mol. The van der Waals surface area contributed by atoms with Gasteiger partial charge in [-0.25, -0.2) is 4.79 Å². The van der Waals surface area contributed by atoms with E-state index in [1.165, 1.54) is 4.88 Å². The number of aliphatic hydroxyl groups excluding tert-OH is 1. The van der Waals surface area contributed by atoms with Gasteiger partial charge in [0.1, 0.15) is 0 Å². The Hall–Kier alpha value is -1.07. The van der Waals surface area contributed by atoms with Crippen LogP contribution in [-0.2, 0) is 6.42 Å². The monoisotopic (exact) mass is 228 g/mol. The van der Waals surface area contributed by atoms with Gasteiger partial charge >= 0.3 is 6.03 Å². The van der Waals surface area contributed by atoms with E-state index in [1.807, 2.05) is 18.4 Å². The molecule has 84 valence electrons. The van der Waals surface area contributed by atoms with Crippen LogP contribution in [0.25, 0.3) is 0 Å². The van der Waals surface area contributed by atoms with Gasteiger partial charge in [-0.1, -0.05) is 6.07 Å². The van der Waals surface area contributed by atoms with Crippen LogP contribution in [0.3, 0.4) is 0 Å². The zero-order valence-corrected chi connectivity index (χ0v) is 9.51. The van der Waals surface area contributed by atoms with Gasteiger partial charge in [0.2, 0.25) is 0 Å². The fraction of sp³-hybridized carbons (Fsp3) is 0.500. The maximum atomic E-state index is 11.2. The first-order valence-corrected chi connectivity index (χ1v) is 5.78. The van der Waals surface area contributed by atoms with Crippen molar-refractivity contribution in [3.63, 3.8) is 0 Å². The number of urea groups is 1. The Morgan fingerprint density at radius 2 is 2.47 bits per heavy atom. The molecule has 1 atom stereocenters. The molecule has 3 N–H and O–H groups in total. The summed E-state index contributed by atoms with van der Waals surface area (Å²) in [5.41, 5.74) is 0. The number of carbonyl (C=O) groups is 1. The molecule has 2 amide bonds. The van der Waals surface area contributed by atoms with Crippen LogP contribution in [-0.4, -0.2) is 30.3 Å². The van der Waals surface area contributed by atoms with Crippen molar-refractivity contribution in [2.24, 2.45) is 0 Å². The fourth-order valence-electron chi connectivity index (χ4n) is 1.23. The lowest BCUT2D eigenvalue weighted by atomic mass is 10.2. The van der Waals surface area contributed by atoms with Crippen molar-refractivity contribution in [2.75, 3.05) is 13.2 Å². The number of nitrogens with one attached hydrogen (secondary N) is 2. The van der Waals surface area contributed by atoms with E-state index in [0.717, 1.165) is 6.42 Å². The summed E-state index contributed by atoms with van der Waals surface area (Å²) in [6.07, 6.45) is 0.838. The predicted octanol–water partition coefficient (Wildman–Crippen LogP) is 0.971. The number of rotatable bonds is 5. The third-order valence-corrected chi connectivity index (χ3v) is 2.76. The lowest BCUT2D eigenvalue weighted by Crippen LogP contribution is -2.42. The van der Waals surface area contributed by atoms with E-state index in [1.54, 1.807) is 11.3 Å². The van der Waals surface area contributed by atoms with Crippen molar-refractivity contribution in [3.05, 3.63) is 22.4 Å². The van der Waals surface area contributed by atoms with Crippen LogP contribution in [0.2, 0.25) is 0 Å². The second-order valence-corrected chi connectivity index (χ2v) is 4.34. The molecule has 4 nitrogen and oxygen atoms in total. The minimum Gasteiger partial charge on any atom is -0.395 e. The van der Waals surface area contributed by atoms with Crippen LogP contribution >= 0.6 is 11.3 Å². The van der Waals surface area contributed by atoms with Gasteiger partial charge in [0.05, 0.1) is 6.61 Å². The number of amides is 2. The molecule has 0 spiro atoms. The largest absolute Gasteiger partial charge is 0.395 e. The number of hydrogen-bond acceptors (Lipinski definition) is 3. The summed E-state index contributed by atoms with van der Waals surface area (Å²) in [6, 6.07) is 3.92. The lowest BCUT2D eigenvalue weighted by molar-refractivity contribution is 0.231. The molecule has 0 bridgehead atoms. The molecule has 0 radical (unpaired) electrons. The summed E-state index contributed by atoms with van der Waals surface area (Å²) in [6.45, 7) is 2.21. The number of hydrogen-bond donors (Lipinski definition) is 3. The van der Waals surface area contributed by atoms with Gasteiger partial charge in [0, 0.05) is 23.9 Å². The van der Waals surface area contributed by atoms with Gasteiger partial charge in [-0.15, -0.1) is 11.3 Å².